The molecule has 16 heavy (non-hydrogen) atoms. The maximum Gasteiger partial charge on any atom is 0.138 e. The van der Waals surface area contributed by atoms with Crippen molar-refractivity contribution in [1.82, 2.24) is 5.32 Å². The van der Waals surface area contributed by atoms with Gasteiger partial charge in [-0.05, 0) is 24.1 Å². The zero-order valence-electron chi connectivity index (χ0n) is 8.80. The Kier molecular flexibility index (Phi) is 3.56. The smallest absolute Gasteiger partial charge is 0.138 e. The van der Waals surface area contributed by atoms with Crippen LogP contribution in [-0.4, -0.2) is 18.9 Å². The van der Waals surface area contributed by atoms with E-state index >= 15 is 0 Å². The van der Waals surface area contributed by atoms with Crippen LogP contribution in [0.25, 0.3) is 0 Å². The maximum absolute atomic E-state index is 13.5. The van der Waals surface area contributed by atoms with Gasteiger partial charge in [0, 0.05) is 30.5 Å². The lowest BCUT2D eigenvalue weighted by atomic mass is 9.91. The largest absolute Gasteiger partial charge is 0.316 e. The zero-order chi connectivity index (χ0) is 11.5. The van der Waals surface area contributed by atoms with Crippen LogP contribution in [0.5, 0.6) is 0 Å². The molecule has 1 unspecified atom stereocenters. The van der Waals surface area contributed by atoms with E-state index in [1.165, 1.54) is 6.07 Å². The number of halogens is 2. The lowest BCUT2D eigenvalue weighted by Gasteiger charge is -2.21. The molecule has 1 heterocycles. The molecule has 0 bridgehead atoms. The van der Waals surface area contributed by atoms with E-state index in [1.807, 2.05) is 0 Å². The van der Waals surface area contributed by atoms with Crippen molar-refractivity contribution in [2.75, 3.05) is 13.1 Å². The first kappa shape index (κ1) is 11.6. The monoisotopic (exact) mass is 241 g/mol. The molecule has 86 valence electrons. The van der Waals surface area contributed by atoms with Gasteiger partial charge in [-0.3, -0.25) is 4.79 Å². The van der Waals surface area contributed by atoms with Crippen LogP contribution in [0.3, 0.4) is 0 Å². The standard InChI is InChI=1S/C12H13ClFNO/c13-10-2-1-8(11(14)6-10)5-9-7-15-4-3-12(9)16/h1-2,6,9,15H,3-5,7H2. The topological polar surface area (TPSA) is 29.1 Å². The summed E-state index contributed by atoms with van der Waals surface area (Å²) < 4.78 is 13.5. The molecule has 0 amide bonds. The summed E-state index contributed by atoms with van der Waals surface area (Å²) in [5, 5.41) is 3.53. The summed E-state index contributed by atoms with van der Waals surface area (Å²) in [5.74, 6) is -0.219. The number of hydrogen-bond acceptors (Lipinski definition) is 2. The van der Waals surface area contributed by atoms with E-state index in [0.717, 1.165) is 6.54 Å². The maximum atomic E-state index is 13.5. The van der Waals surface area contributed by atoms with Crippen molar-refractivity contribution < 1.29 is 9.18 Å². The molecular formula is C12H13ClFNO. The Morgan fingerprint density at radius 2 is 2.31 bits per heavy atom. The molecule has 1 aromatic rings. The van der Waals surface area contributed by atoms with Crippen molar-refractivity contribution in [2.24, 2.45) is 5.92 Å². The number of piperidine rings is 1. The molecule has 1 fully saturated rings. The second-order valence-corrected chi connectivity index (χ2v) is 4.49. The first-order valence-corrected chi connectivity index (χ1v) is 5.72. The molecule has 1 aliphatic heterocycles. The molecule has 1 aromatic carbocycles. The van der Waals surface area contributed by atoms with Gasteiger partial charge in [0.15, 0.2) is 0 Å². The Morgan fingerprint density at radius 3 is 3.00 bits per heavy atom. The number of carbonyl (C=O) groups is 1. The van der Waals surface area contributed by atoms with Gasteiger partial charge >= 0.3 is 0 Å². The molecular weight excluding hydrogens is 229 g/mol. The lowest BCUT2D eigenvalue weighted by Crippen LogP contribution is -2.38. The fraction of sp³-hybridized carbons (Fsp3) is 0.417. The highest BCUT2D eigenvalue weighted by molar-refractivity contribution is 6.30. The van der Waals surface area contributed by atoms with Crippen LogP contribution in [0.15, 0.2) is 18.2 Å². The molecule has 1 saturated heterocycles. The van der Waals surface area contributed by atoms with Crippen LogP contribution < -0.4 is 5.32 Å². The molecule has 2 nitrogen and oxygen atoms in total. The Bertz CT molecular complexity index is 408. The molecule has 1 atom stereocenters. The Hall–Kier alpha value is -0.930. The molecule has 0 aliphatic carbocycles. The first-order valence-electron chi connectivity index (χ1n) is 5.34. The number of Topliss-reactive ketones (excluding diaryl/α,β-unsaturated/α-hetero) is 1. The first-order chi connectivity index (χ1) is 7.66. The van der Waals surface area contributed by atoms with E-state index in [-0.39, 0.29) is 17.5 Å². The van der Waals surface area contributed by atoms with Crippen molar-refractivity contribution in [1.29, 1.82) is 0 Å². The third-order valence-corrected chi connectivity index (χ3v) is 3.11. The number of nitrogens with one attached hydrogen (secondary N) is 1. The van der Waals surface area contributed by atoms with Crippen molar-refractivity contribution in [3.8, 4) is 0 Å². The Balaban J connectivity index is 2.10. The van der Waals surface area contributed by atoms with E-state index in [0.29, 0.717) is 30.0 Å². The second kappa shape index (κ2) is 4.93. The highest BCUT2D eigenvalue weighted by Gasteiger charge is 2.23. The van der Waals surface area contributed by atoms with Gasteiger partial charge in [0.1, 0.15) is 11.6 Å². The minimum Gasteiger partial charge on any atom is -0.316 e. The van der Waals surface area contributed by atoms with E-state index in [2.05, 4.69) is 5.32 Å². The summed E-state index contributed by atoms with van der Waals surface area (Å²) in [6, 6.07) is 4.60. The van der Waals surface area contributed by atoms with E-state index in [4.69, 9.17) is 11.6 Å². The van der Waals surface area contributed by atoms with E-state index in [9.17, 15) is 9.18 Å². The van der Waals surface area contributed by atoms with Crippen LogP contribution in [0.1, 0.15) is 12.0 Å². The third-order valence-electron chi connectivity index (χ3n) is 2.88. The van der Waals surface area contributed by atoms with Crippen molar-refractivity contribution in [2.45, 2.75) is 12.8 Å². The summed E-state index contributed by atoms with van der Waals surface area (Å²) in [7, 11) is 0. The Labute approximate surface area is 98.8 Å². The van der Waals surface area contributed by atoms with Crippen LogP contribution in [0, 0.1) is 11.7 Å². The van der Waals surface area contributed by atoms with Gasteiger partial charge in [0.2, 0.25) is 0 Å². The van der Waals surface area contributed by atoms with Crippen LogP contribution >= 0.6 is 11.6 Å². The number of rotatable bonds is 2. The average molecular weight is 242 g/mol. The van der Waals surface area contributed by atoms with Gasteiger partial charge in [-0.2, -0.15) is 0 Å². The molecule has 4 heteroatoms. The normalized spacial score (nSPS) is 21.1. The molecule has 0 spiro atoms. The number of benzene rings is 1. The molecule has 0 saturated carbocycles. The molecule has 0 radical (unpaired) electrons. The van der Waals surface area contributed by atoms with Crippen LogP contribution in [-0.2, 0) is 11.2 Å². The third kappa shape index (κ3) is 2.60. The van der Waals surface area contributed by atoms with Crippen LogP contribution in [0.2, 0.25) is 5.02 Å². The highest BCUT2D eigenvalue weighted by Crippen LogP contribution is 2.19. The predicted molar refractivity (Wildman–Crippen MR) is 61.1 cm³/mol. The number of hydrogen-bond donors (Lipinski definition) is 1. The molecule has 2 rings (SSSR count). The molecule has 1 aliphatic rings. The van der Waals surface area contributed by atoms with Gasteiger partial charge < -0.3 is 5.32 Å². The van der Waals surface area contributed by atoms with Gasteiger partial charge in [0.25, 0.3) is 0 Å². The molecule has 0 aromatic heterocycles. The molecule has 1 N–H and O–H groups in total. The number of ketones is 1. The fourth-order valence-electron chi connectivity index (χ4n) is 1.94. The summed E-state index contributed by atoms with van der Waals surface area (Å²) in [5.41, 5.74) is 0.562. The van der Waals surface area contributed by atoms with E-state index < -0.39 is 0 Å². The van der Waals surface area contributed by atoms with Crippen LogP contribution in [0.4, 0.5) is 4.39 Å². The van der Waals surface area contributed by atoms with Gasteiger partial charge in [-0.25, -0.2) is 4.39 Å². The van der Waals surface area contributed by atoms with E-state index in [1.54, 1.807) is 12.1 Å². The van der Waals surface area contributed by atoms with Gasteiger partial charge in [-0.1, -0.05) is 17.7 Å². The summed E-state index contributed by atoms with van der Waals surface area (Å²) in [6.07, 6.45) is 0.995. The predicted octanol–water partition coefficient (Wildman–Crippen LogP) is 2.20. The quantitative estimate of drug-likeness (QED) is 0.860. The Morgan fingerprint density at radius 1 is 1.50 bits per heavy atom. The fourth-order valence-corrected chi connectivity index (χ4v) is 2.10. The van der Waals surface area contributed by atoms with Gasteiger partial charge in [0.05, 0.1) is 0 Å². The van der Waals surface area contributed by atoms with Crippen molar-refractivity contribution in [3.63, 3.8) is 0 Å². The second-order valence-electron chi connectivity index (χ2n) is 4.06. The summed E-state index contributed by atoms with van der Waals surface area (Å²) >= 11 is 5.67. The average Bonchev–Trinajstić information content (AvgIpc) is 2.25. The highest BCUT2D eigenvalue weighted by atomic mass is 35.5. The minimum atomic E-state index is -0.328. The van der Waals surface area contributed by atoms with Crippen molar-refractivity contribution >= 4 is 17.4 Å². The lowest BCUT2D eigenvalue weighted by molar-refractivity contribution is -0.123. The van der Waals surface area contributed by atoms with Gasteiger partial charge in [-0.15, -0.1) is 0 Å². The van der Waals surface area contributed by atoms with Crippen molar-refractivity contribution in [3.05, 3.63) is 34.6 Å². The summed E-state index contributed by atoms with van der Waals surface area (Å²) in [6.45, 7) is 1.37. The summed E-state index contributed by atoms with van der Waals surface area (Å²) in [4.78, 5) is 11.6. The number of carbonyl (C=O) groups excluding carboxylic acids is 1. The minimum absolute atomic E-state index is 0.107. The SMILES string of the molecule is O=C1CCNCC1Cc1ccc(Cl)cc1F. The zero-order valence-corrected chi connectivity index (χ0v) is 9.56.